The molecule has 2 aromatic carbocycles. The van der Waals surface area contributed by atoms with Crippen molar-refractivity contribution in [3.8, 4) is 5.75 Å². The number of hydrogen-bond acceptors (Lipinski definition) is 4. The minimum Gasteiger partial charge on any atom is -0.495 e. The van der Waals surface area contributed by atoms with E-state index in [0.717, 1.165) is 39.0 Å². The number of aromatic nitrogens is 3. The molecule has 0 fully saturated rings. The van der Waals surface area contributed by atoms with Gasteiger partial charge in [-0.1, -0.05) is 11.6 Å². The van der Waals surface area contributed by atoms with Gasteiger partial charge in [0.05, 0.1) is 41.4 Å². The number of aromatic amines is 1. The quantitative estimate of drug-likeness (QED) is 0.514. The van der Waals surface area contributed by atoms with Gasteiger partial charge in [0.1, 0.15) is 5.75 Å². The van der Waals surface area contributed by atoms with Crippen LogP contribution in [0.2, 0.25) is 5.02 Å². The molecule has 2 heterocycles. The van der Waals surface area contributed by atoms with E-state index in [1.165, 1.54) is 0 Å². The van der Waals surface area contributed by atoms with Crippen LogP contribution in [0.3, 0.4) is 0 Å². The number of H-pyrrole nitrogens is 1. The molecule has 5 nitrogen and oxygen atoms in total. The first kappa shape index (κ1) is 17.3. The Morgan fingerprint density at radius 3 is 2.68 bits per heavy atom. The summed E-state index contributed by atoms with van der Waals surface area (Å²) in [5.41, 5.74) is 5.46. The number of nitrogens with one attached hydrogen (secondary N) is 2. The normalized spacial score (nSPS) is 10.7. The first-order valence-electron chi connectivity index (χ1n) is 7.50. The fourth-order valence-corrected chi connectivity index (χ4v) is 3.04. The zero-order chi connectivity index (χ0) is 16.7. The lowest BCUT2D eigenvalue weighted by Gasteiger charge is -2.14. The van der Waals surface area contributed by atoms with Crippen LogP contribution >= 0.6 is 24.0 Å². The molecule has 0 bridgehead atoms. The van der Waals surface area contributed by atoms with E-state index < -0.39 is 0 Å². The van der Waals surface area contributed by atoms with Crippen molar-refractivity contribution in [2.24, 2.45) is 0 Å². The number of hydrogen-bond donors (Lipinski definition) is 2. The number of halogens is 2. The Hall–Kier alpha value is -2.50. The average molecular weight is 375 g/mol. The van der Waals surface area contributed by atoms with Crippen molar-refractivity contribution in [2.75, 3.05) is 12.4 Å². The van der Waals surface area contributed by atoms with Gasteiger partial charge < -0.3 is 15.0 Å². The summed E-state index contributed by atoms with van der Waals surface area (Å²) in [5, 5.41) is 5.07. The fraction of sp³-hybridized carbons (Fsp3) is 0.111. The van der Waals surface area contributed by atoms with Gasteiger partial charge in [-0.15, -0.1) is 12.4 Å². The highest BCUT2D eigenvalue weighted by atomic mass is 35.5. The summed E-state index contributed by atoms with van der Waals surface area (Å²) in [6.45, 7) is 1.97. The van der Waals surface area contributed by atoms with Crippen molar-refractivity contribution in [3.63, 3.8) is 0 Å². The Balaban J connectivity index is 0.00000182. The second kappa shape index (κ2) is 6.78. The summed E-state index contributed by atoms with van der Waals surface area (Å²) in [7, 11) is 1.62. The van der Waals surface area contributed by atoms with Gasteiger partial charge in [-0.2, -0.15) is 0 Å². The first-order chi connectivity index (χ1) is 11.7. The zero-order valence-electron chi connectivity index (χ0n) is 13.6. The average Bonchev–Trinajstić information content (AvgIpc) is 3.04. The molecule has 128 valence electrons. The summed E-state index contributed by atoms with van der Waals surface area (Å²) < 4.78 is 5.43. The van der Waals surface area contributed by atoms with Gasteiger partial charge in [0.2, 0.25) is 0 Å². The van der Waals surface area contributed by atoms with Crippen molar-refractivity contribution < 1.29 is 4.74 Å². The lowest BCUT2D eigenvalue weighted by atomic mass is 10.1. The maximum atomic E-state index is 6.05. The van der Waals surface area contributed by atoms with Crippen LogP contribution in [0.5, 0.6) is 5.75 Å². The Labute approximate surface area is 155 Å². The number of methoxy groups -OCH3 is 1. The standard InChI is InChI=1S/C18H15ClN4O.ClH/c1-10-7-15(23-12-4-3-11(19)8-16(12)24-2)17-13(22-10)5-6-14-18(17)21-9-20-14;/h3-9H,1-2H3,(H,20,21)(H,22,23);1H. The predicted octanol–water partition coefficient (Wildman–Crippen LogP) is 5.25. The summed E-state index contributed by atoms with van der Waals surface area (Å²) in [6, 6.07) is 11.5. The molecule has 2 aromatic heterocycles. The van der Waals surface area contributed by atoms with Crippen LogP contribution in [-0.4, -0.2) is 22.1 Å². The van der Waals surface area contributed by atoms with Crippen LogP contribution in [-0.2, 0) is 0 Å². The molecule has 4 rings (SSSR count). The molecular formula is C18H16Cl2N4O. The predicted molar refractivity (Wildman–Crippen MR) is 105 cm³/mol. The molecule has 4 aromatic rings. The Bertz CT molecular complexity index is 1060. The zero-order valence-corrected chi connectivity index (χ0v) is 15.2. The molecule has 2 N–H and O–H groups in total. The van der Waals surface area contributed by atoms with Crippen LogP contribution in [0.4, 0.5) is 11.4 Å². The molecule has 25 heavy (non-hydrogen) atoms. The lowest BCUT2D eigenvalue weighted by Crippen LogP contribution is -1.98. The Morgan fingerprint density at radius 2 is 1.88 bits per heavy atom. The number of pyridine rings is 1. The van der Waals surface area contributed by atoms with Crippen molar-refractivity contribution in [3.05, 3.63) is 53.4 Å². The van der Waals surface area contributed by atoms with Gasteiger partial charge in [0, 0.05) is 22.2 Å². The van der Waals surface area contributed by atoms with Crippen LogP contribution < -0.4 is 10.1 Å². The van der Waals surface area contributed by atoms with E-state index in [9.17, 15) is 0 Å². The number of anilines is 2. The van der Waals surface area contributed by atoms with Crippen LogP contribution in [0.15, 0.2) is 42.7 Å². The van der Waals surface area contributed by atoms with Gasteiger partial charge in [0.15, 0.2) is 0 Å². The topological polar surface area (TPSA) is 62.8 Å². The fourth-order valence-electron chi connectivity index (χ4n) is 2.88. The van der Waals surface area contributed by atoms with E-state index >= 15 is 0 Å². The third-order valence-electron chi connectivity index (χ3n) is 3.93. The van der Waals surface area contributed by atoms with Crippen LogP contribution in [0.1, 0.15) is 5.69 Å². The molecule has 0 atom stereocenters. The molecule has 0 spiro atoms. The largest absolute Gasteiger partial charge is 0.495 e. The minimum atomic E-state index is 0. The minimum absolute atomic E-state index is 0. The molecule has 0 aliphatic carbocycles. The Kier molecular flexibility index (Phi) is 4.70. The smallest absolute Gasteiger partial charge is 0.143 e. The number of rotatable bonds is 3. The molecule has 0 saturated carbocycles. The SMILES string of the molecule is COc1cc(Cl)ccc1Nc1cc(C)nc2ccc3nc[nH]c3c12.Cl. The van der Waals surface area contributed by atoms with Crippen molar-refractivity contribution in [1.82, 2.24) is 15.0 Å². The number of fused-ring (bicyclic) bond motifs is 3. The van der Waals surface area contributed by atoms with Crippen molar-refractivity contribution in [1.29, 1.82) is 0 Å². The summed E-state index contributed by atoms with van der Waals surface area (Å²) in [5.74, 6) is 0.682. The number of ether oxygens (including phenoxy) is 1. The van der Waals surface area contributed by atoms with Crippen molar-refractivity contribution in [2.45, 2.75) is 6.92 Å². The second-order valence-corrected chi connectivity index (χ2v) is 5.97. The van der Waals surface area contributed by atoms with E-state index in [4.69, 9.17) is 16.3 Å². The molecular weight excluding hydrogens is 359 g/mol. The van der Waals surface area contributed by atoms with E-state index in [0.29, 0.717) is 10.8 Å². The van der Waals surface area contributed by atoms with Gasteiger partial charge in [0.25, 0.3) is 0 Å². The summed E-state index contributed by atoms with van der Waals surface area (Å²) in [6.07, 6.45) is 1.69. The summed E-state index contributed by atoms with van der Waals surface area (Å²) >= 11 is 6.05. The number of aryl methyl sites for hydroxylation is 1. The number of benzene rings is 2. The molecule has 0 aliphatic heterocycles. The number of nitrogens with zero attached hydrogens (tertiary/aromatic N) is 2. The number of imidazole rings is 1. The lowest BCUT2D eigenvalue weighted by molar-refractivity contribution is 0.417. The molecule has 7 heteroatoms. The highest BCUT2D eigenvalue weighted by Crippen LogP contribution is 2.35. The van der Waals surface area contributed by atoms with Gasteiger partial charge in [-0.3, -0.25) is 4.98 Å². The highest BCUT2D eigenvalue weighted by molar-refractivity contribution is 6.30. The van der Waals surface area contributed by atoms with Crippen LogP contribution in [0, 0.1) is 6.92 Å². The van der Waals surface area contributed by atoms with Gasteiger partial charge >= 0.3 is 0 Å². The summed E-state index contributed by atoms with van der Waals surface area (Å²) in [4.78, 5) is 12.2. The Morgan fingerprint density at radius 1 is 1.08 bits per heavy atom. The van der Waals surface area contributed by atoms with E-state index in [2.05, 4.69) is 20.3 Å². The molecule has 0 radical (unpaired) electrons. The van der Waals surface area contributed by atoms with Gasteiger partial charge in [-0.25, -0.2) is 4.98 Å². The molecule has 0 aliphatic rings. The third kappa shape index (κ3) is 3.08. The maximum Gasteiger partial charge on any atom is 0.143 e. The molecule has 0 unspecified atom stereocenters. The second-order valence-electron chi connectivity index (χ2n) is 5.54. The highest BCUT2D eigenvalue weighted by Gasteiger charge is 2.12. The first-order valence-corrected chi connectivity index (χ1v) is 7.87. The van der Waals surface area contributed by atoms with Crippen molar-refractivity contribution >= 4 is 57.3 Å². The van der Waals surface area contributed by atoms with Gasteiger partial charge in [-0.05, 0) is 37.3 Å². The van der Waals surface area contributed by atoms with E-state index in [1.807, 2.05) is 37.3 Å². The monoisotopic (exact) mass is 374 g/mol. The van der Waals surface area contributed by atoms with E-state index in [-0.39, 0.29) is 12.4 Å². The van der Waals surface area contributed by atoms with Crippen LogP contribution in [0.25, 0.3) is 21.9 Å². The molecule has 0 saturated heterocycles. The van der Waals surface area contributed by atoms with E-state index in [1.54, 1.807) is 19.5 Å². The third-order valence-corrected chi connectivity index (χ3v) is 4.16. The maximum absolute atomic E-state index is 6.05. The molecule has 0 amide bonds.